The van der Waals surface area contributed by atoms with Gasteiger partial charge in [-0.25, -0.2) is 17.5 Å². The standard InChI is InChI=1S/C12H16FNO3S/c13-11-4-3-10(8-15)12(7-11)18(16,17)14-6-5-9-1-2-9/h3-4,7,9,14-15H,1-2,5-6,8H2. The van der Waals surface area contributed by atoms with Crippen molar-refractivity contribution in [3.05, 3.63) is 29.6 Å². The molecule has 0 amide bonds. The number of benzene rings is 1. The van der Waals surface area contributed by atoms with Crippen LogP contribution in [0.1, 0.15) is 24.8 Å². The Morgan fingerprint density at radius 1 is 1.39 bits per heavy atom. The van der Waals surface area contributed by atoms with E-state index in [0.717, 1.165) is 31.4 Å². The molecular weight excluding hydrogens is 257 g/mol. The van der Waals surface area contributed by atoms with Crippen molar-refractivity contribution in [3.8, 4) is 0 Å². The van der Waals surface area contributed by atoms with Gasteiger partial charge in [0, 0.05) is 6.54 Å². The Labute approximate surface area is 106 Å². The maximum atomic E-state index is 13.1. The van der Waals surface area contributed by atoms with Crippen LogP contribution in [-0.2, 0) is 16.6 Å². The van der Waals surface area contributed by atoms with Crippen molar-refractivity contribution in [2.75, 3.05) is 6.54 Å². The maximum Gasteiger partial charge on any atom is 0.241 e. The highest BCUT2D eigenvalue weighted by molar-refractivity contribution is 7.89. The highest BCUT2D eigenvalue weighted by Crippen LogP contribution is 2.31. The van der Waals surface area contributed by atoms with E-state index in [9.17, 15) is 12.8 Å². The minimum absolute atomic E-state index is 0.180. The normalized spacial score (nSPS) is 15.9. The highest BCUT2D eigenvalue weighted by atomic mass is 32.2. The van der Waals surface area contributed by atoms with Gasteiger partial charge in [-0.1, -0.05) is 18.9 Å². The molecule has 2 N–H and O–H groups in total. The van der Waals surface area contributed by atoms with E-state index in [2.05, 4.69) is 4.72 Å². The molecule has 0 spiro atoms. The molecule has 100 valence electrons. The van der Waals surface area contributed by atoms with Gasteiger partial charge in [-0.05, 0) is 30.0 Å². The number of sulfonamides is 1. The number of nitrogens with one attached hydrogen (secondary N) is 1. The molecule has 0 bridgehead atoms. The van der Waals surface area contributed by atoms with Crippen molar-refractivity contribution < 1.29 is 17.9 Å². The van der Waals surface area contributed by atoms with E-state index in [0.29, 0.717) is 12.5 Å². The molecular formula is C12H16FNO3S. The fraction of sp³-hybridized carbons (Fsp3) is 0.500. The highest BCUT2D eigenvalue weighted by Gasteiger charge is 2.23. The van der Waals surface area contributed by atoms with E-state index < -0.39 is 22.4 Å². The molecule has 4 nitrogen and oxygen atoms in total. The monoisotopic (exact) mass is 273 g/mol. The number of halogens is 1. The van der Waals surface area contributed by atoms with Crippen LogP contribution in [0.15, 0.2) is 23.1 Å². The molecule has 1 aliphatic carbocycles. The molecule has 6 heteroatoms. The third-order valence-electron chi connectivity index (χ3n) is 3.03. The van der Waals surface area contributed by atoms with Gasteiger partial charge < -0.3 is 5.11 Å². The Morgan fingerprint density at radius 3 is 2.72 bits per heavy atom. The summed E-state index contributed by atoms with van der Waals surface area (Å²) in [5.41, 5.74) is 0.204. The molecule has 0 aliphatic heterocycles. The lowest BCUT2D eigenvalue weighted by Gasteiger charge is -2.10. The first-order valence-corrected chi connectivity index (χ1v) is 7.40. The first-order valence-electron chi connectivity index (χ1n) is 5.92. The Kier molecular flexibility index (Phi) is 3.99. The van der Waals surface area contributed by atoms with Gasteiger partial charge in [0.05, 0.1) is 11.5 Å². The summed E-state index contributed by atoms with van der Waals surface area (Å²) >= 11 is 0. The second kappa shape index (κ2) is 5.34. The van der Waals surface area contributed by atoms with Crippen LogP contribution >= 0.6 is 0 Å². The first-order chi connectivity index (χ1) is 8.53. The van der Waals surface area contributed by atoms with E-state index >= 15 is 0 Å². The van der Waals surface area contributed by atoms with Gasteiger partial charge in [-0.15, -0.1) is 0 Å². The zero-order valence-electron chi connectivity index (χ0n) is 9.89. The lowest BCUT2D eigenvalue weighted by atomic mass is 10.2. The van der Waals surface area contributed by atoms with E-state index in [1.165, 1.54) is 6.07 Å². The Hall–Kier alpha value is -0.980. The predicted octanol–water partition coefficient (Wildman–Crippen LogP) is 1.40. The van der Waals surface area contributed by atoms with Gasteiger partial charge in [0.15, 0.2) is 0 Å². The molecule has 0 aromatic heterocycles. The van der Waals surface area contributed by atoms with Crippen molar-refractivity contribution in [1.82, 2.24) is 4.72 Å². The summed E-state index contributed by atoms with van der Waals surface area (Å²) in [6.45, 7) is -0.0759. The number of aliphatic hydroxyl groups is 1. The SMILES string of the molecule is O=S(=O)(NCCC1CC1)c1cc(F)ccc1CO. The van der Waals surface area contributed by atoms with Crippen molar-refractivity contribution in [2.45, 2.75) is 30.8 Å². The zero-order chi connectivity index (χ0) is 13.2. The van der Waals surface area contributed by atoms with Crippen LogP contribution in [-0.4, -0.2) is 20.1 Å². The second-order valence-corrected chi connectivity index (χ2v) is 6.28. The van der Waals surface area contributed by atoms with Crippen LogP contribution in [0.2, 0.25) is 0 Å². The van der Waals surface area contributed by atoms with Gasteiger partial charge in [0.1, 0.15) is 5.82 Å². The average molecular weight is 273 g/mol. The number of hydrogen-bond donors (Lipinski definition) is 2. The molecule has 18 heavy (non-hydrogen) atoms. The smallest absolute Gasteiger partial charge is 0.241 e. The van der Waals surface area contributed by atoms with Crippen LogP contribution in [0.25, 0.3) is 0 Å². The van der Waals surface area contributed by atoms with Gasteiger partial charge in [0.2, 0.25) is 10.0 Å². The fourth-order valence-electron chi connectivity index (χ4n) is 1.79. The third kappa shape index (κ3) is 3.28. The molecule has 1 saturated carbocycles. The van der Waals surface area contributed by atoms with E-state index in [4.69, 9.17) is 5.11 Å². The van der Waals surface area contributed by atoms with Crippen molar-refractivity contribution >= 4 is 10.0 Å². The summed E-state index contributed by atoms with van der Waals surface area (Å²) in [7, 11) is -3.74. The van der Waals surface area contributed by atoms with Gasteiger partial charge in [-0.2, -0.15) is 0 Å². The van der Waals surface area contributed by atoms with Crippen LogP contribution in [0.4, 0.5) is 4.39 Å². The lowest BCUT2D eigenvalue weighted by molar-refractivity contribution is 0.278. The number of rotatable bonds is 6. The number of aliphatic hydroxyl groups excluding tert-OH is 1. The summed E-state index contributed by atoms with van der Waals surface area (Å²) in [6, 6.07) is 3.35. The van der Waals surface area contributed by atoms with Crippen LogP contribution < -0.4 is 4.72 Å². The van der Waals surface area contributed by atoms with Crippen molar-refractivity contribution in [2.24, 2.45) is 5.92 Å². The fourth-order valence-corrected chi connectivity index (χ4v) is 3.08. The molecule has 1 aromatic rings. The Bertz CT molecular complexity index is 526. The molecule has 0 atom stereocenters. The predicted molar refractivity (Wildman–Crippen MR) is 64.9 cm³/mol. The maximum absolute atomic E-state index is 13.1. The van der Waals surface area contributed by atoms with E-state index in [-0.39, 0.29) is 10.5 Å². The summed E-state index contributed by atoms with van der Waals surface area (Å²) in [5, 5.41) is 9.08. The molecule has 1 aromatic carbocycles. The molecule has 0 unspecified atom stereocenters. The van der Waals surface area contributed by atoms with Crippen LogP contribution in [0.5, 0.6) is 0 Å². The lowest BCUT2D eigenvalue weighted by Crippen LogP contribution is -2.26. The largest absolute Gasteiger partial charge is 0.392 e. The minimum Gasteiger partial charge on any atom is -0.392 e. The molecule has 0 heterocycles. The van der Waals surface area contributed by atoms with E-state index in [1.54, 1.807) is 0 Å². The minimum atomic E-state index is -3.74. The third-order valence-corrected chi connectivity index (χ3v) is 4.57. The van der Waals surface area contributed by atoms with E-state index in [1.807, 2.05) is 0 Å². The molecule has 0 saturated heterocycles. The van der Waals surface area contributed by atoms with Gasteiger partial charge in [-0.3, -0.25) is 0 Å². The van der Waals surface area contributed by atoms with Gasteiger partial charge >= 0.3 is 0 Å². The summed E-state index contributed by atoms with van der Waals surface area (Å²) in [5.74, 6) is -0.00714. The molecule has 0 radical (unpaired) electrons. The Balaban J connectivity index is 2.13. The molecule has 1 fully saturated rings. The van der Waals surface area contributed by atoms with Crippen molar-refractivity contribution in [3.63, 3.8) is 0 Å². The van der Waals surface area contributed by atoms with Crippen LogP contribution in [0, 0.1) is 11.7 Å². The summed E-state index contributed by atoms with van der Waals surface area (Å²) in [6.07, 6.45) is 3.12. The quantitative estimate of drug-likeness (QED) is 0.823. The summed E-state index contributed by atoms with van der Waals surface area (Å²) in [4.78, 5) is -0.180. The van der Waals surface area contributed by atoms with Gasteiger partial charge in [0.25, 0.3) is 0 Å². The number of hydrogen-bond acceptors (Lipinski definition) is 3. The second-order valence-electron chi connectivity index (χ2n) is 4.54. The van der Waals surface area contributed by atoms with Crippen molar-refractivity contribution in [1.29, 1.82) is 0 Å². The Morgan fingerprint density at radius 2 is 2.11 bits per heavy atom. The average Bonchev–Trinajstić information content (AvgIpc) is 3.13. The topological polar surface area (TPSA) is 66.4 Å². The first kappa shape index (κ1) is 13.5. The summed E-state index contributed by atoms with van der Waals surface area (Å²) < 4.78 is 39.5. The molecule has 2 rings (SSSR count). The molecule has 1 aliphatic rings. The zero-order valence-corrected chi connectivity index (χ0v) is 10.7. The van der Waals surface area contributed by atoms with Crippen LogP contribution in [0.3, 0.4) is 0 Å².